The molecule has 0 heterocycles. The highest BCUT2D eigenvalue weighted by atomic mass is 16.5. The third-order valence-corrected chi connectivity index (χ3v) is 4.95. The summed E-state index contributed by atoms with van der Waals surface area (Å²) >= 11 is 0. The second-order valence-corrected chi connectivity index (χ2v) is 6.48. The van der Waals surface area contributed by atoms with E-state index in [1.54, 1.807) is 14.2 Å². The highest BCUT2D eigenvalue weighted by molar-refractivity contribution is 5.43. The predicted octanol–water partition coefficient (Wildman–Crippen LogP) is 3.66. The Labute approximate surface area is 129 Å². The molecule has 4 unspecified atom stereocenters. The van der Waals surface area contributed by atoms with Gasteiger partial charge in [0.05, 0.1) is 14.2 Å². The van der Waals surface area contributed by atoms with Gasteiger partial charge in [-0.2, -0.15) is 0 Å². The minimum Gasteiger partial charge on any atom is -0.493 e. The number of ether oxygens (including phenoxy) is 2. The molecule has 21 heavy (non-hydrogen) atoms. The Hall–Kier alpha value is -1.22. The molecule has 1 aromatic rings. The van der Waals surface area contributed by atoms with Crippen LogP contribution in [0.2, 0.25) is 0 Å². The first-order valence-electron chi connectivity index (χ1n) is 8.02. The lowest BCUT2D eigenvalue weighted by Gasteiger charge is -2.24. The van der Waals surface area contributed by atoms with Crippen molar-refractivity contribution < 1.29 is 9.47 Å². The lowest BCUT2D eigenvalue weighted by atomic mass is 9.96. The first-order valence-corrected chi connectivity index (χ1v) is 8.02. The van der Waals surface area contributed by atoms with Crippen LogP contribution in [0.15, 0.2) is 18.2 Å². The average molecular weight is 291 g/mol. The summed E-state index contributed by atoms with van der Waals surface area (Å²) in [6.45, 7) is 7.01. The SMILES string of the molecule is COc1ccc(CC(C)NC2CCC(C)C2C)cc1OC. The molecule has 1 saturated carbocycles. The minimum absolute atomic E-state index is 0.473. The van der Waals surface area contributed by atoms with E-state index in [-0.39, 0.29) is 0 Å². The van der Waals surface area contributed by atoms with Crippen molar-refractivity contribution in [2.75, 3.05) is 14.2 Å². The van der Waals surface area contributed by atoms with Crippen molar-refractivity contribution >= 4 is 0 Å². The van der Waals surface area contributed by atoms with Gasteiger partial charge in [-0.3, -0.25) is 0 Å². The molecule has 2 rings (SSSR count). The molecular formula is C18H29NO2. The summed E-state index contributed by atoms with van der Waals surface area (Å²) in [5.74, 6) is 3.22. The van der Waals surface area contributed by atoms with Crippen molar-refractivity contribution in [1.29, 1.82) is 0 Å². The molecule has 0 radical (unpaired) electrons. The molecule has 3 nitrogen and oxygen atoms in total. The van der Waals surface area contributed by atoms with Gasteiger partial charge >= 0.3 is 0 Å². The third-order valence-electron chi connectivity index (χ3n) is 4.95. The number of nitrogens with one attached hydrogen (secondary N) is 1. The van der Waals surface area contributed by atoms with Crippen molar-refractivity contribution in [3.8, 4) is 11.5 Å². The molecule has 118 valence electrons. The van der Waals surface area contributed by atoms with Crippen LogP contribution in [0.4, 0.5) is 0 Å². The molecule has 1 aliphatic rings. The van der Waals surface area contributed by atoms with Crippen molar-refractivity contribution in [2.45, 2.75) is 52.1 Å². The number of benzene rings is 1. The maximum Gasteiger partial charge on any atom is 0.160 e. The first kappa shape index (κ1) is 16.2. The number of hydrogen-bond acceptors (Lipinski definition) is 3. The van der Waals surface area contributed by atoms with Gasteiger partial charge in [0.2, 0.25) is 0 Å². The molecule has 1 fully saturated rings. The Morgan fingerprint density at radius 2 is 1.86 bits per heavy atom. The maximum absolute atomic E-state index is 5.38. The monoisotopic (exact) mass is 291 g/mol. The van der Waals surface area contributed by atoms with E-state index in [1.165, 1.54) is 18.4 Å². The predicted molar refractivity (Wildman–Crippen MR) is 87.2 cm³/mol. The van der Waals surface area contributed by atoms with Crippen LogP contribution in [-0.4, -0.2) is 26.3 Å². The molecule has 1 N–H and O–H groups in total. The molecule has 0 amide bonds. The highest BCUT2D eigenvalue weighted by Crippen LogP contribution is 2.32. The van der Waals surface area contributed by atoms with E-state index in [1.807, 2.05) is 6.07 Å². The molecule has 4 atom stereocenters. The van der Waals surface area contributed by atoms with Crippen molar-refractivity contribution in [3.05, 3.63) is 23.8 Å². The summed E-state index contributed by atoms with van der Waals surface area (Å²) in [7, 11) is 3.36. The van der Waals surface area contributed by atoms with Crippen molar-refractivity contribution in [3.63, 3.8) is 0 Å². The summed E-state index contributed by atoms with van der Waals surface area (Å²) in [6.07, 6.45) is 3.67. The molecule has 0 aromatic heterocycles. The fourth-order valence-corrected chi connectivity index (χ4v) is 3.39. The van der Waals surface area contributed by atoms with Crippen molar-refractivity contribution in [2.24, 2.45) is 11.8 Å². The molecular weight excluding hydrogens is 262 g/mol. The molecule has 0 spiro atoms. The zero-order valence-electron chi connectivity index (χ0n) is 14.0. The van der Waals surface area contributed by atoms with Crippen LogP contribution in [0, 0.1) is 11.8 Å². The number of rotatable bonds is 6. The Morgan fingerprint density at radius 3 is 2.43 bits per heavy atom. The third kappa shape index (κ3) is 3.91. The molecule has 1 aromatic carbocycles. The van der Waals surface area contributed by atoms with Gasteiger partial charge in [-0.1, -0.05) is 19.9 Å². The molecule has 1 aliphatic carbocycles. The fourth-order valence-electron chi connectivity index (χ4n) is 3.39. The van der Waals surface area contributed by atoms with Crippen LogP contribution < -0.4 is 14.8 Å². The van der Waals surface area contributed by atoms with E-state index >= 15 is 0 Å². The summed E-state index contributed by atoms with van der Waals surface area (Å²) in [5, 5.41) is 3.80. The lowest BCUT2D eigenvalue weighted by molar-refractivity contribution is 0.342. The van der Waals surface area contributed by atoms with Gasteiger partial charge < -0.3 is 14.8 Å². The maximum atomic E-state index is 5.38. The fraction of sp³-hybridized carbons (Fsp3) is 0.667. The van der Waals surface area contributed by atoms with E-state index in [9.17, 15) is 0 Å². The number of methoxy groups -OCH3 is 2. The quantitative estimate of drug-likeness (QED) is 0.867. The van der Waals surface area contributed by atoms with Gasteiger partial charge in [-0.15, -0.1) is 0 Å². The molecule has 0 aliphatic heterocycles. The van der Waals surface area contributed by atoms with E-state index in [4.69, 9.17) is 9.47 Å². The zero-order chi connectivity index (χ0) is 15.4. The molecule has 0 saturated heterocycles. The Balaban J connectivity index is 1.95. The van der Waals surface area contributed by atoms with Crippen LogP contribution in [0.25, 0.3) is 0 Å². The van der Waals surface area contributed by atoms with Crippen molar-refractivity contribution in [1.82, 2.24) is 5.32 Å². The van der Waals surface area contributed by atoms with Gasteiger partial charge in [0.15, 0.2) is 11.5 Å². The van der Waals surface area contributed by atoms with E-state index < -0.39 is 0 Å². The van der Waals surface area contributed by atoms with Crippen LogP contribution in [0.1, 0.15) is 39.2 Å². The van der Waals surface area contributed by atoms with Gasteiger partial charge in [0, 0.05) is 12.1 Å². The second-order valence-electron chi connectivity index (χ2n) is 6.48. The van der Waals surface area contributed by atoms with Gasteiger partial charge in [-0.25, -0.2) is 0 Å². The van der Waals surface area contributed by atoms with E-state index in [0.29, 0.717) is 12.1 Å². The molecule has 0 bridgehead atoms. The summed E-state index contributed by atoms with van der Waals surface area (Å²) in [6, 6.07) is 7.33. The number of hydrogen-bond donors (Lipinski definition) is 1. The highest BCUT2D eigenvalue weighted by Gasteiger charge is 2.30. The van der Waals surface area contributed by atoms with Crippen LogP contribution in [0.3, 0.4) is 0 Å². The zero-order valence-corrected chi connectivity index (χ0v) is 14.0. The molecule has 3 heteroatoms. The average Bonchev–Trinajstić information content (AvgIpc) is 2.79. The standard InChI is InChI=1S/C18H29NO2/c1-12-6-8-16(14(12)3)19-13(2)10-15-7-9-17(20-4)18(11-15)21-5/h7,9,11-14,16,19H,6,8,10H2,1-5H3. The first-order chi connectivity index (χ1) is 10.0. The van der Waals surface area contributed by atoms with Crippen LogP contribution in [0.5, 0.6) is 11.5 Å². The van der Waals surface area contributed by atoms with E-state index in [2.05, 4.69) is 38.2 Å². The summed E-state index contributed by atoms with van der Waals surface area (Å²) in [4.78, 5) is 0. The largest absolute Gasteiger partial charge is 0.493 e. The smallest absolute Gasteiger partial charge is 0.160 e. The Bertz CT molecular complexity index is 461. The Morgan fingerprint density at radius 1 is 1.14 bits per heavy atom. The topological polar surface area (TPSA) is 30.5 Å². The van der Waals surface area contributed by atoms with E-state index in [0.717, 1.165) is 29.8 Å². The summed E-state index contributed by atoms with van der Waals surface area (Å²) in [5.41, 5.74) is 1.28. The van der Waals surface area contributed by atoms with Crippen LogP contribution in [-0.2, 0) is 6.42 Å². The van der Waals surface area contributed by atoms with Crippen LogP contribution >= 0.6 is 0 Å². The Kier molecular flexibility index (Phi) is 5.51. The lowest BCUT2D eigenvalue weighted by Crippen LogP contribution is -2.39. The normalized spacial score (nSPS) is 26.6. The van der Waals surface area contributed by atoms with Gasteiger partial charge in [0.25, 0.3) is 0 Å². The van der Waals surface area contributed by atoms with Gasteiger partial charge in [-0.05, 0) is 55.7 Å². The second kappa shape index (κ2) is 7.17. The minimum atomic E-state index is 0.473. The summed E-state index contributed by atoms with van der Waals surface area (Å²) < 4.78 is 10.7. The van der Waals surface area contributed by atoms with Gasteiger partial charge in [0.1, 0.15) is 0 Å².